The first-order valence-corrected chi connectivity index (χ1v) is 12.6. The number of amides is 1. The fourth-order valence-corrected chi connectivity index (χ4v) is 4.61. The predicted molar refractivity (Wildman–Crippen MR) is 142 cm³/mol. The smallest absolute Gasteiger partial charge is 0.251 e. The number of anilines is 2. The minimum atomic E-state index is -3.89. The molecule has 4 rings (SSSR count). The summed E-state index contributed by atoms with van der Waals surface area (Å²) in [5.74, 6) is -0.432. The summed E-state index contributed by atoms with van der Waals surface area (Å²) >= 11 is 0. The second-order valence-corrected chi connectivity index (χ2v) is 9.58. The highest BCUT2D eigenvalue weighted by Gasteiger charge is 2.22. The van der Waals surface area contributed by atoms with Crippen molar-refractivity contribution in [2.45, 2.75) is 10.9 Å². The van der Waals surface area contributed by atoms with Crippen molar-refractivity contribution in [3.05, 3.63) is 114 Å². The van der Waals surface area contributed by atoms with E-state index in [1.165, 1.54) is 6.07 Å². The van der Waals surface area contributed by atoms with E-state index in [0.717, 1.165) is 5.56 Å². The van der Waals surface area contributed by atoms with Gasteiger partial charge in [-0.2, -0.15) is 0 Å². The largest absolute Gasteiger partial charge is 0.384 e. The maximum Gasteiger partial charge on any atom is 0.251 e. The van der Waals surface area contributed by atoms with Crippen molar-refractivity contribution in [2.24, 2.45) is 10.9 Å². The zero-order valence-corrected chi connectivity index (χ0v) is 20.0. The number of rotatable bonds is 8. The molecule has 9 heteroatoms. The Hall–Kier alpha value is -4.47. The molecule has 0 heterocycles. The predicted octanol–water partition coefficient (Wildman–Crippen LogP) is 4.08. The van der Waals surface area contributed by atoms with Crippen LogP contribution in [-0.2, 0) is 14.8 Å². The average molecular weight is 500 g/mol. The third-order valence-corrected chi connectivity index (χ3v) is 6.54. The summed E-state index contributed by atoms with van der Waals surface area (Å²) in [7, 11) is -3.89. The first kappa shape index (κ1) is 24.6. The van der Waals surface area contributed by atoms with Crippen molar-refractivity contribution in [3.63, 3.8) is 0 Å². The molecule has 4 aromatic carbocycles. The van der Waals surface area contributed by atoms with Crippen LogP contribution >= 0.6 is 0 Å². The quantitative estimate of drug-likeness (QED) is 0.183. The Kier molecular flexibility index (Phi) is 7.14. The lowest BCUT2D eigenvalue weighted by molar-refractivity contribution is -0.117. The molecule has 1 amide bonds. The van der Waals surface area contributed by atoms with Gasteiger partial charge in [0.2, 0.25) is 10.0 Å². The number of hydrogen-bond acceptors (Lipinski definition) is 5. The molecular formula is C27H25N5O3S. The van der Waals surface area contributed by atoms with Gasteiger partial charge in [0.1, 0.15) is 11.9 Å². The molecule has 0 unspecified atom stereocenters. The number of amidine groups is 1. The van der Waals surface area contributed by atoms with Gasteiger partial charge in [-0.25, -0.2) is 13.6 Å². The SMILES string of the molecule is N=C(N)c1ccccc1N[C@@H](C(=O)Nc1ccc(-c2ccccc2S(N)(=O)=O)cc1)c1ccccc1. The van der Waals surface area contributed by atoms with Crippen LogP contribution in [0.5, 0.6) is 0 Å². The molecule has 0 saturated heterocycles. The van der Waals surface area contributed by atoms with Gasteiger partial charge in [0.05, 0.1) is 4.90 Å². The van der Waals surface area contributed by atoms with Gasteiger partial charge in [-0.05, 0) is 41.5 Å². The molecule has 0 spiro atoms. The summed E-state index contributed by atoms with van der Waals surface area (Å²) in [6.07, 6.45) is 0. The third-order valence-electron chi connectivity index (χ3n) is 5.57. The minimum absolute atomic E-state index is 0.0271. The number of sulfonamides is 1. The number of para-hydroxylation sites is 1. The van der Waals surface area contributed by atoms with Gasteiger partial charge >= 0.3 is 0 Å². The zero-order valence-electron chi connectivity index (χ0n) is 19.2. The fraction of sp³-hybridized carbons (Fsp3) is 0.0370. The second kappa shape index (κ2) is 10.4. The summed E-state index contributed by atoms with van der Waals surface area (Å²) in [5, 5.41) is 19.3. The van der Waals surface area contributed by atoms with Crippen molar-refractivity contribution in [1.82, 2.24) is 0 Å². The maximum atomic E-state index is 13.4. The Morgan fingerprint density at radius 1 is 0.806 bits per heavy atom. The van der Waals surface area contributed by atoms with E-state index >= 15 is 0 Å². The third kappa shape index (κ3) is 5.60. The van der Waals surface area contributed by atoms with Crippen LogP contribution in [0.4, 0.5) is 11.4 Å². The van der Waals surface area contributed by atoms with Crippen molar-refractivity contribution in [2.75, 3.05) is 10.6 Å². The number of nitrogens with one attached hydrogen (secondary N) is 3. The molecule has 0 bridgehead atoms. The Bertz CT molecular complexity index is 1500. The lowest BCUT2D eigenvalue weighted by Crippen LogP contribution is -2.28. The first-order valence-electron chi connectivity index (χ1n) is 11.0. The van der Waals surface area contributed by atoms with Crippen LogP contribution in [0.25, 0.3) is 11.1 Å². The highest BCUT2D eigenvalue weighted by molar-refractivity contribution is 7.89. The Morgan fingerprint density at radius 3 is 2.08 bits per heavy atom. The molecule has 0 aliphatic heterocycles. The van der Waals surface area contributed by atoms with E-state index in [1.54, 1.807) is 66.7 Å². The molecule has 0 aromatic heterocycles. The molecule has 0 fully saturated rings. The van der Waals surface area contributed by atoms with Crippen molar-refractivity contribution < 1.29 is 13.2 Å². The Balaban J connectivity index is 1.61. The number of nitrogens with two attached hydrogens (primary N) is 2. The maximum absolute atomic E-state index is 13.4. The monoisotopic (exact) mass is 499 g/mol. The van der Waals surface area contributed by atoms with Crippen LogP contribution in [0.2, 0.25) is 0 Å². The molecule has 7 N–H and O–H groups in total. The van der Waals surface area contributed by atoms with Crippen LogP contribution in [0, 0.1) is 5.41 Å². The fourth-order valence-electron chi connectivity index (χ4n) is 3.85. The van der Waals surface area contributed by atoms with E-state index in [1.807, 2.05) is 30.3 Å². The van der Waals surface area contributed by atoms with Crippen LogP contribution in [-0.4, -0.2) is 20.2 Å². The van der Waals surface area contributed by atoms with Gasteiger partial charge in [-0.1, -0.05) is 72.8 Å². The van der Waals surface area contributed by atoms with Gasteiger partial charge in [0, 0.05) is 22.5 Å². The summed E-state index contributed by atoms with van der Waals surface area (Å²) in [6, 6.07) is 28.8. The molecular weight excluding hydrogens is 474 g/mol. The van der Waals surface area contributed by atoms with Gasteiger partial charge in [0.25, 0.3) is 5.91 Å². The molecule has 1 atom stereocenters. The highest BCUT2D eigenvalue weighted by Crippen LogP contribution is 2.28. The molecule has 4 aromatic rings. The van der Waals surface area contributed by atoms with Crippen LogP contribution in [0.3, 0.4) is 0 Å². The van der Waals surface area contributed by atoms with E-state index in [9.17, 15) is 13.2 Å². The van der Waals surface area contributed by atoms with E-state index in [0.29, 0.717) is 28.1 Å². The summed E-state index contributed by atoms with van der Waals surface area (Å²) in [6.45, 7) is 0. The van der Waals surface area contributed by atoms with Crippen molar-refractivity contribution in [3.8, 4) is 11.1 Å². The van der Waals surface area contributed by atoms with Crippen molar-refractivity contribution in [1.29, 1.82) is 5.41 Å². The zero-order chi connectivity index (χ0) is 25.7. The van der Waals surface area contributed by atoms with Gasteiger partial charge in [0.15, 0.2) is 0 Å². The summed E-state index contributed by atoms with van der Waals surface area (Å²) in [4.78, 5) is 13.4. The molecule has 0 aliphatic carbocycles. The second-order valence-electron chi connectivity index (χ2n) is 8.06. The van der Waals surface area contributed by atoms with Gasteiger partial charge in [-0.3, -0.25) is 10.2 Å². The van der Waals surface area contributed by atoms with Crippen LogP contribution in [0.15, 0.2) is 108 Å². The number of benzene rings is 4. The number of primary sulfonamides is 1. The highest BCUT2D eigenvalue weighted by atomic mass is 32.2. The van der Waals surface area contributed by atoms with E-state index in [-0.39, 0.29) is 16.6 Å². The molecule has 182 valence electrons. The average Bonchev–Trinajstić information content (AvgIpc) is 2.88. The standard InChI is InChI=1S/C27H25N5O3S/c28-26(29)22-11-4-6-12-23(22)32-25(19-8-2-1-3-9-19)27(33)31-20-16-14-18(15-17-20)21-10-5-7-13-24(21)36(30,34)35/h1-17,25,32H,(H3,28,29)(H,31,33)(H2,30,34,35)/t25-/m1/s1. The number of nitrogen functional groups attached to an aromatic ring is 1. The molecule has 0 saturated carbocycles. The first-order chi connectivity index (χ1) is 17.2. The molecule has 0 aliphatic rings. The Labute approximate surface area is 209 Å². The van der Waals surface area contributed by atoms with Crippen LogP contribution in [0.1, 0.15) is 17.2 Å². The molecule has 36 heavy (non-hydrogen) atoms. The lowest BCUT2D eigenvalue weighted by Gasteiger charge is -2.22. The van der Waals surface area contributed by atoms with E-state index in [4.69, 9.17) is 16.3 Å². The van der Waals surface area contributed by atoms with Gasteiger partial charge in [-0.15, -0.1) is 0 Å². The van der Waals surface area contributed by atoms with Crippen molar-refractivity contribution >= 4 is 33.1 Å². The van der Waals surface area contributed by atoms with E-state index < -0.39 is 16.1 Å². The van der Waals surface area contributed by atoms with Crippen LogP contribution < -0.4 is 21.5 Å². The van der Waals surface area contributed by atoms with Gasteiger partial charge < -0.3 is 16.4 Å². The minimum Gasteiger partial charge on any atom is -0.384 e. The lowest BCUT2D eigenvalue weighted by atomic mass is 10.0. The number of hydrogen-bond donors (Lipinski definition) is 5. The molecule has 8 nitrogen and oxygen atoms in total. The Morgan fingerprint density at radius 2 is 1.42 bits per heavy atom. The number of carbonyl (C=O) groups is 1. The summed E-state index contributed by atoms with van der Waals surface area (Å²) in [5.41, 5.74) is 9.15. The van der Waals surface area contributed by atoms with E-state index in [2.05, 4.69) is 10.6 Å². The molecule has 0 radical (unpaired) electrons. The number of carbonyl (C=O) groups excluding carboxylic acids is 1. The normalized spacial score (nSPS) is 11.9. The topological polar surface area (TPSA) is 151 Å². The summed E-state index contributed by atoms with van der Waals surface area (Å²) < 4.78 is 23.9.